The molecule has 3 aliphatic carbocycles. The van der Waals surface area contributed by atoms with Gasteiger partial charge in [-0.1, -0.05) is 11.2 Å². The molecule has 1 aromatic heterocycles. The van der Waals surface area contributed by atoms with E-state index in [0.29, 0.717) is 23.3 Å². The van der Waals surface area contributed by atoms with E-state index in [1.807, 2.05) is 19.0 Å². The lowest BCUT2D eigenvalue weighted by Gasteiger charge is -2.22. The number of carbonyl (C=O) groups excluding carboxylic acids is 4. The lowest BCUT2D eigenvalue weighted by atomic mass is 9.76. The molecule has 13 heteroatoms. The Morgan fingerprint density at radius 2 is 1.66 bits per heavy atom. The van der Waals surface area contributed by atoms with Gasteiger partial charge in [-0.25, -0.2) is 0 Å². The fourth-order valence-corrected chi connectivity index (χ4v) is 6.42. The summed E-state index contributed by atoms with van der Waals surface area (Å²) in [5.41, 5.74) is -4.80. The number of fused-ring (bicyclic) bond motifs is 5. The summed E-state index contributed by atoms with van der Waals surface area (Å²) in [6.07, 6.45) is 2.86. The van der Waals surface area contributed by atoms with Crippen molar-refractivity contribution in [3.63, 3.8) is 0 Å². The van der Waals surface area contributed by atoms with Crippen LogP contribution in [0.15, 0.2) is 33.9 Å². The molecule has 1 atom stereocenters. The predicted molar refractivity (Wildman–Crippen MR) is 155 cm³/mol. The summed E-state index contributed by atoms with van der Waals surface area (Å²) in [5, 5.41) is 37.7. The molecule has 3 aromatic rings. The van der Waals surface area contributed by atoms with Gasteiger partial charge in [0.05, 0.1) is 46.7 Å². The number of methoxy groups -OCH3 is 1. The Labute approximate surface area is 249 Å². The lowest BCUT2D eigenvalue weighted by Crippen LogP contribution is -2.36. The monoisotopic (exact) mass is 601 g/mol. The van der Waals surface area contributed by atoms with Crippen LogP contribution in [0, 0.1) is 0 Å². The Hall–Kier alpha value is -5.30. The predicted octanol–water partition coefficient (Wildman–Crippen LogP) is 2.12. The van der Waals surface area contributed by atoms with Crippen LogP contribution >= 0.6 is 0 Å². The number of oxime groups is 1. The molecule has 4 N–H and O–H groups in total. The molecule has 6 rings (SSSR count). The number of ketones is 4. The minimum Gasteiger partial charge on any atom is -0.507 e. The first-order valence-corrected chi connectivity index (χ1v) is 13.7. The summed E-state index contributed by atoms with van der Waals surface area (Å²) in [4.78, 5) is 76.9. The van der Waals surface area contributed by atoms with Crippen molar-refractivity contribution in [3.05, 3.63) is 73.4 Å². The molecule has 226 valence electrons. The van der Waals surface area contributed by atoms with Gasteiger partial charge >= 0.3 is 0 Å². The van der Waals surface area contributed by atoms with E-state index < -0.39 is 79.4 Å². The Morgan fingerprint density at radius 3 is 2.32 bits per heavy atom. The van der Waals surface area contributed by atoms with E-state index in [-0.39, 0.29) is 23.8 Å². The third kappa shape index (κ3) is 3.89. The van der Waals surface area contributed by atoms with E-state index >= 15 is 0 Å². The van der Waals surface area contributed by atoms with E-state index in [4.69, 9.17) is 9.57 Å². The van der Waals surface area contributed by atoms with Gasteiger partial charge in [0.25, 0.3) is 5.56 Å². The number of rotatable bonds is 7. The van der Waals surface area contributed by atoms with Crippen LogP contribution in [0.4, 0.5) is 0 Å². The van der Waals surface area contributed by atoms with Crippen molar-refractivity contribution < 1.29 is 44.1 Å². The number of ether oxygens (including phenoxy) is 1. The maximum atomic E-state index is 14.1. The lowest BCUT2D eigenvalue weighted by molar-refractivity contribution is 0.0790. The summed E-state index contributed by atoms with van der Waals surface area (Å²) >= 11 is 0. The number of phenolic OH excluding ortho intramolecular Hbond substituents is 3. The van der Waals surface area contributed by atoms with Gasteiger partial charge in [0, 0.05) is 18.2 Å². The zero-order valence-corrected chi connectivity index (χ0v) is 23.9. The number of Topliss-reactive ketones (excluding diaryl/α,β-unsaturated/α-hetero) is 3. The zero-order chi connectivity index (χ0) is 31.7. The van der Waals surface area contributed by atoms with Gasteiger partial charge in [0.2, 0.25) is 5.78 Å². The maximum Gasteiger partial charge on any atom is 0.260 e. The van der Waals surface area contributed by atoms with E-state index in [2.05, 4.69) is 10.1 Å². The second-order valence-corrected chi connectivity index (χ2v) is 11.2. The number of allylic oxidation sites excluding steroid dienone is 2. The molecule has 0 radical (unpaired) electrons. The Balaban J connectivity index is 1.44. The molecule has 0 fully saturated rings. The summed E-state index contributed by atoms with van der Waals surface area (Å²) in [6.45, 7) is 1.18. The second kappa shape index (κ2) is 10.2. The quantitative estimate of drug-likeness (QED) is 0.102. The molecule has 3 aliphatic rings. The van der Waals surface area contributed by atoms with Gasteiger partial charge in [-0.2, -0.15) is 0 Å². The number of aromatic hydroxyl groups is 3. The number of nitrogens with zero attached hydrogens (tertiary/aromatic N) is 2. The number of hydrogen-bond donors (Lipinski definition) is 4. The zero-order valence-electron chi connectivity index (χ0n) is 23.9. The van der Waals surface area contributed by atoms with Crippen LogP contribution in [0.5, 0.6) is 17.2 Å². The number of hydrogen-bond acceptors (Lipinski definition) is 12. The first kappa shape index (κ1) is 28.8. The second-order valence-electron chi connectivity index (χ2n) is 11.2. The van der Waals surface area contributed by atoms with Gasteiger partial charge < -0.3 is 34.8 Å². The number of carbonyl (C=O) groups is 4. The molecule has 1 spiro atoms. The summed E-state index contributed by atoms with van der Waals surface area (Å²) < 4.78 is 4.92. The minimum absolute atomic E-state index is 0.127. The number of H-pyrrole nitrogens is 1. The van der Waals surface area contributed by atoms with Crippen LogP contribution < -0.4 is 5.56 Å². The van der Waals surface area contributed by atoms with Crippen LogP contribution in [0.2, 0.25) is 0 Å². The average molecular weight is 602 g/mol. The van der Waals surface area contributed by atoms with Crippen LogP contribution in [-0.4, -0.2) is 88.9 Å². The largest absolute Gasteiger partial charge is 0.507 e. The van der Waals surface area contributed by atoms with Gasteiger partial charge in [-0.3, -0.25) is 24.0 Å². The highest BCUT2D eigenvalue weighted by Gasteiger charge is 2.61. The Bertz CT molecular complexity index is 1970. The minimum atomic E-state index is -2.11. The standard InChI is InChI=1S/C31H27N3O10/c1-34(2)7-4-8-44-32-12-15-10-14-9-13-5-6-31(23(13)27(39)18(14)30(42)33-15)28(40)21-22(29(31)41)26(38)20-19(25(21)37)16(35)11-17(43-3)24(20)36/h9-12,37-39H,4-8H2,1-3H3,(H,33,42)/b32-12+. The van der Waals surface area contributed by atoms with Crippen LogP contribution in [-0.2, 0) is 21.4 Å². The van der Waals surface area contributed by atoms with E-state index in [1.54, 1.807) is 12.1 Å². The topological polar surface area (TPSA) is 196 Å². The number of aromatic nitrogens is 1. The van der Waals surface area contributed by atoms with Crippen molar-refractivity contribution in [1.82, 2.24) is 9.88 Å². The molecular formula is C31H27N3O10. The molecule has 13 nitrogen and oxygen atoms in total. The fraction of sp³-hybridized carbons (Fsp3) is 0.290. The number of pyridine rings is 1. The highest BCUT2D eigenvalue weighted by Crippen LogP contribution is 2.57. The third-order valence-corrected chi connectivity index (χ3v) is 8.37. The molecule has 0 saturated heterocycles. The molecule has 0 bridgehead atoms. The fourth-order valence-electron chi connectivity index (χ4n) is 6.42. The highest BCUT2D eigenvalue weighted by molar-refractivity contribution is 6.38. The number of phenols is 3. The normalized spacial score (nSPS) is 18.9. The van der Waals surface area contributed by atoms with Crippen molar-refractivity contribution in [3.8, 4) is 17.2 Å². The van der Waals surface area contributed by atoms with Crippen molar-refractivity contribution >= 4 is 40.1 Å². The molecule has 1 heterocycles. The Kier molecular flexibility index (Phi) is 6.65. The van der Waals surface area contributed by atoms with E-state index in [0.717, 1.165) is 26.2 Å². The number of aromatic amines is 1. The van der Waals surface area contributed by atoms with E-state index in [1.165, 1.54) is 6.21 Å². The van der Waals surface area contributed by atoms with Crippen molar-refractivity contribution in [2.45, 2.75) is 24.7 Å². The number of nitrogens with one attached hydrogen (secondary N) is 1. The average Bonchev–Trinajstić information content (AvgIpc) is 3.46. The maximum absolute atomic E-state index is 14.1. The first-order chi connectivity index (χ1) is 20.9. The molecular weight excluding hydrogens is 574 g/mol. The van der Waals surface area contributed by atoms with Gasteiger partial charge in [0.15, 0.2) is 23.1 Å². The Morgan fingerprint density at radius 1 is 0.977 bits per heavy atom. The van der Waals surface area contributed by atoms with Crippen molar-refractivity contribution in [2.75, 3.05) is 34.4 Å². The van der Waals surface area contributed by atoms with Crippen LogP contribution in [0.1, 0.15) is 71.1 Å². The summed E-state index contributed by atoms with van der Waals surface area (Å²) in [6, 6.07) is 3.14. The van der Waals surface area contributed by atoms with Gasteiger partial charge in [-0.15, -0.1) is 0 Å². The van der Waals surface area contributed by atoms with Crippen molar-refractivity contribution in [2.24, 2.45) is 5.16 Å². The molecule has 0 saturated carbocycles. The number of benzene rings is 2. The van der Waals surface area contributed by atoms with Gasteiger partial charge in [-0.05, 0) is 50.4 Å². The summed E-state index contributed by atoms with van der Waals surface area (Å²) in [7, 11) is 5.01. The summed E-state index contributed by atoms with van der Waals surface area (Å²) in [5.74, 6) is -6.68. The molecule has 0 amide bonds. The number of aryl methyl sites for hydroxylation is 1. The van der Waals surface area contributed by atoms with Crippen LogP contribution in [0.3, 0.4) is 0 Å². The smallest absolute Gasteiger partial charge is 0.260 e. The van der Waals surface area contributed by atoms with Crippen LogP contribution in [0.25, 0.3) is 10.8 Å². The third-order valence-electron chi connectivity index (χ3n) is 8.37. The van der Waals surface area contributed by atoms with E-state index in [9.17, 15) is 39.3 Å². The molecule has 0 aliphatic heterocycles. The molecule has 2 aromatic carbocycles. The van der Waals surface area contributed by atoms with Crippen molar-refractivity contribution in [1.29, 1.82) is 0 Å². The first-order valence-electron chi connectivity index (χ1n) is 13.7. The molecule has 44 heavy (non-hydrogen) atoms. The molecule has 1 unspecified atom stereocenters. The SMILES string of the molecule is COC1=CC(=O)c2c(O)c3c(c(O)c2C1=O)C(=O)C1(CCc2cc4cc(/C=N/OCCCN(C)C)[nH]c(=O)c4c(O)c21)C3=O. The van der Waals surface area contributed by atoms with Gasteiger partial charge in [0.1, 0.15) is 29.3 Å². The highest BCUT2D eigenvalue weighted by atomic mass is 16.6.